The molecule has 0 fully saturated rings. The molecular formula is C28H21N5O. The van der Waals surface area contributed by atoms with Crippen LogP contribution in [0.4, 0.5) is 0 Å². The molecule has 0 saturated heterocycles. The van der Waals surface area contributed by atoms with Crippen molar-refractivity contribution < 1.29 is 4.74 Å². The molecule has 6 nitrogen and oxygen atoms in total. The Morgan fingerprint density at radius 2 is 1.68 bits per heavy atom. The topological polar surface area (TPSA) is 65.2 Å². The van der Waals surface area contributed by atoms with Gasteiger partial charge in [0.1, 0.15) is 12.4 Å². The monoisotopic (exact) mass is 443 g/mol. The Hall–Kier alpha value is -4.58. The summed E-state index contributed by atoms with van der Waals surface area (Å²) in [5.41, 5.74) is 7.63. The molecule has 2 aromatic carbocycles. The van der Waals surface area contributed by atoms with Crippen LogP contribution in [-0.4, -0.2) is 24.6 Å². The highest BCUT2D eigenvalue weighted by Gasteiger charge is 2.15. The third-order valence-electron chi connectivity index (χ3n) is 5.77. The first-order valence-electron chi connectivity index (χ1n) is 11.1. The van der Waals surface area contributed by atoms with Gasteiger partial charge in [0.05, 0.1) is 22.6 Å². The molecule has 0 radical (unpaired) electrons. The minimum atomic E-state index is 0.407. The molecule has 6 aromatic rings. The normalized spacial score (nSPS) is 11.2. The highest BCUT2D eigenvalue weighted by Crippen LogP contribution is 2.33. The zero-order valence-corrected chi connectivity index (χ0v) is 18.6. The predicted molar refractivity (Wildman–Crippen MR) is 132 cm³/mol. The van der Waals surface area contributed by atoms with Crippen LogP contribution >= 0.6 is 0 Å². The maximum absolute atomic E-state index is 6.03. The Bertz CT molecular complexity index is 1610. The van der Waals surface area contributed by atoms with Gasteiger partial charge in [-0.25, -0.2) is 14.5 Å². The molecule has 0 aliphatic rings. The highest BCUT2D eigenvalue weighted by atomic mass is 16.5. The lowest BCUT2D eigenvalue weighted by Crippen LogP contribution is -2.01. The number of rotatable bonds is 5. The average Bonchev–Trinajstić information content (AvgIpc) is 3.28. The van der Waals surface area contributed by atoms with E-state index in [0.717, 1.165) is 56.1 Å². The SMILES string of the molecule is Cc1cc2ncc(-c3ccncc3)c(-c3ccc(OCc4ccc5ccccc5n4)cc3)n2n1. The molecule has 0 aliphatic carbocycles. The second-order valence-electron chi connectivity index (χ2n) is 8.12. The molecule has 0 atom stereocenters. The van der Waals surface area contributed by atoms with Crippen LogP contribution in [0.3, 0.4) is 0 Å². The first-order chi connectivity index (χ1) is 16.7. The Balaban J connectivity index is 1.32. The van der Waals surface area contributed by atoms with Crippen molar-refractivity contribution in [3.63, 3.8) is 0 Å². The molecule has 4 heterocycles. The van der Waals surface area contributed by atoms with E-state index >= 15 is 0 Å². The first kappa shape index (κ1) is 20.1. The summed E-state index contributed by atoms with van der Waals surface area (Å²) in [4.78, 5) is 13.5. The number of fused-ring (bicyclic) bond motifs is 2. The maximum atomic E-state index is 6.03. The maximum Gasteiger partial charge on any atom is 0.155 e. The van der Waals surface area contributed by atoms with Crippen molar-refractivity contribution in [3.8, 4) is 28.1 Å². The number of nitrogens with zero attached hydrogens (tertiary/aromatic N) is 5. The van der Waals surface area contributed by atoms with E-state index in [1.54, 1.807) is 12.4 Å². The zero-order chi connectivity index (χ0) is 22.9. The van der Waals surface area contributed by atoms with Crippen LogP contribution in [0.1, 0.15) is 11.4 Å². The number of aromatic nitrogens is 5. The zero-order valence-electron chi connectivity index (χ0n) is 18.6. The van der Waals surface area contributed by atoms with Gasteiger partial charge in [0.25, 0.3) is 0 Å². The molecule has 164 valence electrons. The van der Waals surface area contributed by atoms with Gasteiger partial charge in [-0.1, -0.05) is 24.3 Å². The van der Waals surface area contributed by atoms with Crippen LogP contribution in [0.5, 0.6) is 5.75 Å². The van der Waals surface area contributed by atoms with Gasteiger partial charge in [-0.3, -0.25) is 4.98 Å². The summed E-state index contributed by atoms with van der Waals surface area (Å²) < 4.78 is 7.94. The lowest BCUT2D eigenvalue weighted by Gasteiger charge is -2.13. The molecule has 0 spiro atoms. The second kappa shape index (κ2) is 8.41. The van der Waals surface area contributed by atoms with Crippen molar-refractivity contribution in [1.82, 2.24) is 24.6 Å². The summed E-state index contributed by atoms with van der Waals surface area (Å²) in [5, 5.41) is 5.82. The summed E-state index contributed by atoms with van der Waals surface area (Å²) in [5.74, 6) is 0.783. The second-order valence-corrected chi connectivity index (χ2v) is 8.12. The van der Waals surface area contributed by atoms with Gasteiger partial charge in [-0.15, -0.1) is 0 Å². The number of hydrogen-bond donors (Lipinski definition) is 0. The molecule has 0 saturated carbocycles. The molecule has 34 heavy (non-hydrogen) atoms. The fraction of sp³-hybridized carbons (Fsp3) is 0.0714. The summed E-state index contributed by atoms with van der Waals surface area (Å²) in [6, 6.07) is 26.2. The summed E-state index contributed by atoms with van der Waals surface area (Å²) in [6.45, 7) is 2.38. The minimum absolute atomic E-state index is 0.407. The first-order valence-corrected chi connectivity index (χ1v) is 11.1. The van der Waals surface area contributed by atoms with Crippen molar-refractivity contribution >= 4 is 16.6 Å². The van der Waals surface area contributed by atoms with E-state index in [2.05, 4.69) is 39.2 Å². The van der Waals surface area contributed by atoms with Crippen LogP contribution in [0.25, 0.3) is 38.9 Å². The van der Waals surface area contributed by atoms with Crippen LogP contribution in [0, 0.1) is 6.92 Å². The number of aryl methyl sites for hydroxylation is 1. The predicted octanol–water partition coefficient (Wildman–Crippen LogP) is 5.89. The molecular weight excluding hydrogens is 422 g/mol. The largest absolute Gasteiger partial charge is 0.487 e. The van der Waals surface area contributed by atoms with E-state index in [1.165, 1.54) is 0 Å². The third-order valence-corrected chi connectivity index (χ3v) is 5.77. The number of benzene rings is 2. The van der Waals surface area contributed by atoms with E-state index in [1.807, 2.05) is 72.2 Å². The number of ether oxygens (including phenoxy) is 1. The Labute approximate surface area is 196 Å². The lowest BCUT2D eigenvalue weighted by molar-refractivity contribution is 0.302. The molecule has 0 amide bonds. The van der Waals surface area contributed by atoms with Crippen molar-refractivity contribution in [2.45, 2.75) is 13.5 Å². The summed E-state index contributed by atoms with van der Waals surface area (Å²) >= 11 is 0. The Kier molecular flexibility index (Phi) is 4.96. The van der Waals surface area contributed by atoms with Crippen LogP contribution in [-0.2, 0) is 6.61 Å². The van der Waals surface area contributed by atoms with Gasteiger partial charge < -0.3 is 4.74 Å². The lowest BCUT2D eigenvalue weighted by atomic mass is 10.0. The van der Waals surface area contributed by atoms with E-state index < -0.39 is 0 Å². The van der Waals surface area contributed by atoms with E-state index in [4.69, 9.17) is 9.84 Å². The molecule has 0 unspecified atom stereocenters. The van der Waals surface area contributed by atoms with Crippen molar-refractivity contribution in [3.05, 3.63) is 109 Å². The minimum Gasteiger partial charge on any atom is -0.487 e. The molecule has 6 rings (SSSR count). The van der Waals surface area contributed by atoms with Gasteiger partial charge >= 0.3 is 0 Å². The average molecular weight is 444 g/mol. The molecule has 6 heteroatoms. The fourth-order valence-corrected chi connectivity index (χ4v) is 4.12. The van der Waals surface area contributed by atoms with Gasteiger partial charge in [-0.05, 0) is 61.0 Å². The standard InChI is InChI=1S/C28H21N5O/c1-19-16-27-30-17-25(20-12-14-29-15-13-20)28(33(27)32-19)22-7-10-24(11-8-22)34-18-23-9-6-21-4-2-3-5-26(21)31-23/h2-17H,18H2,1H3. The van der Waals surface area contributed by atoms with Crippen molar-refractivity contribution in [2.75, 3.05) is 0 Å². The van der Waals surface area contributed by atoms with E-state index in [-0.39, 0.29) is 0 Å². The third kappa shape index (κ3) is 3.75. The molecule has 0 bridgehead atoms. The van der Waals surface area contributed by atoms with Gasteiger partial charge in [0.2, 0.25) is 0 Å². The van der Waals surface area contributed by atoms with Crippen LogP contribution < -0.4 is 4.74 Å². The summed E-state index contributed by atoms with van der Waals surface area (Å²) in [6.07, 6.45) is 5.47. The number of hydrogen-bond acceptors (Lipinski definition) is 5. The van der Waals surface area contributed by atoms with Crippen molar-refractivity contribution in [2.24, 2.45) is 0 Å². The van der Waals surface area contributed by atoms with E-state index in [0.29, 0.717) is 6.61 Å². The quantitative estimate of drug-likeness (QED) is 0.332. The molecule has 0 aliphatic heterocycles. The molecule has 4 aromatic heterocycles. The van der Waals surface area contributed by atoms with Crippen molar-refractivity contribution in [1.29, 1.82) is 0 Å². The Morgan fingerprint density at radius 3 is 2.53 bits per heavy atom. The molecule has 0 N–H and O–H groups in total. The van der Waals surface area contributed by atoms with Gasteiger partial charge in [0.15, 0.2) is 5.65 Å². The fourth-order valence-electron chi connectivity index (χ4n) is 4.12. The number of pyridine rings is 2. The van der Waals surface area contributed by atoms with Gasteiger partial charge in [0, 0.05) is 41.2 Å². The number of para-hydroxylation sites is 1. The van der Waals surface area contributed by atoms with Crippen LogP contribution in [0.2, 0.25) is 0 Å². The van der Waals surface area contributed by atoms with E-state index in [9.17, 15) is 0 Å². The van der Waals surface area contributed by atoms with Gasteiger partial charge in [-0.2, -0.15) is 5.10 Å². The highest BCUT2D eigenvalue weighted by molar-refractivity contribution is 5.82. The Morgan fingerprint density at radius 1 is 0.853 bits per heavy atom. The smallest absolute Gasteiger partial charge is 0.155 e. The van der Waals surface area contributed by atoms with Crippen LogP contribution in [0.15, 0.2) is 97.5 Å². The summed E-state index contributed by atoms with van der Waals surface area (Å²) in [7, 11) is 0.